The van der Waals surface area contributed by atoms with Gasteiger partial charge in [0.2, 0.25) is 0 Å². The van der Waals surface area contributed by atoms with Crippen LogP contribution >= 0.6 is 11.3 Å². The predicted octanol–water partition coefficient (Wildman–Crippen LogP) is 3.22. The van der Waals surface area contributed by atoms with Crippen molar-refractivity contribution in [2.75, 3.05) is 0 Å². The largest absolute Gasteiger partial charge is 3.00 e. The van der Waals surface area contributed by atoms with E-state index in [1.165, 1.54) is 50.7 Å². The molecule has 1 aromatic heterocycles. The van der Waals surface area contributed by atoms with Crippen LogP contribution in [0.5, 0.6) is 0 Å². The zero-order chi connectivity index (χ0) is 22.6. The first-order valence-corrected chi connectivity index (χ1v) is 15.8. The van der Waals surface area contributed by atoms with E-state index in [2.05, 4.69) is 101 Å². The molecule has 2 bridgehead atoms. The van der Waals surface area contributed by atoms with E-state index in [0.29, 0.717) is 0 Å². The van der Waals surface area contributed by atoms with E-state index < -0.39 is 8.07 Å². The zero-order valence-corrected chi connectivity index (χ0v) is 27.2. The van der Waals surface area contributed by atoms with E-state index in [0.717, 1.165) is 5.54 Å². The normalized spacial score (nSPS) is 16.2. The number of thiophene rings is 1. The van der Waals surface area contributed by atoms with Crippen LogP contribution in [0.4, 0.5) is 0 Å². The number of halogens is 2. The maximum Gasteiger partial charge on any atom is 3.00 e. The summed E-state index contributed by atoms with van der Waals surface area (Å²) in [4.78, 5) is 3.19. The summed E-state index contributed by atoms with van der Waals surface area (Å²) in [6.07, 6.45) is 2.37. The quantitative estimate of drug-likeness (QED) is 0.246. The van der Waals surface area contributed by atoms with Crippen molar-refractivity contribution in [3.63, 3.8) is 0 Å². The molecule has 2 aliphatic heterocycles. The second kappa shape index (κ2) is 11.7. The monoisotopic (exact) mass is 613 g/mol. The summed E-state index contributed by atoms with van der Waals surface area (Å²) in [7, 11) is -0.995. The molecule has 0 saturated carbocycles. The zero-order valence-electron chi connectivity index (χ0n) is 21.4. The molecule has 0 N–H and O–H groups in total. The minimum atomic E-state index is -0.995. The van der Waals surface area contributed by atoms with Crippen molar-refractivity contribution in [3.8, 4) is 11.1 Å². The van der Waals surface area contributed by atoms with Gasteiger partial charge in [-0.05, 0) is 43.0 Å². The second-order valence-electron chi connectivity index (χ2n) is 10.1. The minimum absolute atomic E-state index is 0. The summed E-state index contributed by atoms with van der Waals surface area (Å²) in [5, 5.41) is 4.48. The van der Waals surface area contributed by atoms with E-state index in [9.17, 15) is 0 Å². The molecule has 0 nitrogen and oxygen atoms in total. The predicted molar refractivity (Wildman–Crippen MR) is 146 cm³/mol. The van der Waals surface area contributed by atoms with Gasteiger partial charge < -0.3 is 24.8 Å². The fourth-order valence-corrected chi connectivity index (χ4v) is 12.5. The summed E-state index contributed by atoms with van der Waals surface area (Å²) in [6, 6.07) is 22.5. The van der Waals surface area contributed by atoms with Crippen LogP contribution < -0.4 is 24.8 Å². The molecule has 1 radical (unpaired) electrons. The molecule has 5 heteroatoms. The number of rotatable bonds is 3. The van der Waals surface area contributed by atoms with E-state index in [1.54, 1.807) is 21.2 Å². The average molecular weight is 616 g/mol. The fraction of sp³-hybridized carbons (Fsp3) is 0.300. The Morgan fingerprint density at radius 3 is 2.20 bits per heavy atom. The molecule has 1 aliphatic carbocycles. The van der Waals surface area contributed by atoms with Crippen LogP contribution in [0.1, 0.15) is 52.3 Å². The van der Waals surface area contributed by atoms with Gasteiger partial charge in [-0.15, -0.1) is 45.9 Å². The van der Waals surface area contributed by atoms with Gasteiger partial charge in [-0.1, -0.05) is 80.0 Å². The molecule has 3 aromatic carbocycles. The molecule has 181 valence electrons. The molecule has 0 spiro atoms. The van der Waals surface area contributed by atoms with Gasteiger partial charge in [-0.3, -0.25) is 0 Å². The number of fused-ring (bicyclic) bond motifs is 1. The van der Waals surface area contributed by atoms with Gasteiger partial charge in [0.1, 0.15) is 0 Å². The van der Waals surface area contributed by atoms with Gasteiger partial charge in [0.05, 0.1) is 8.07 Å². The SMILES string of the molecule is CC1=C2c3cc(C)sc3C1[Si]2(C)C.CCCc1ccc(-c2cccc3[cH-]c(C)cc23)cc1.[Cl-].[Cl-].[Zr+3]. The molecule has 35 heavy (non-hydrogen) atoms. The first kappa shape index (κ1) is 30.4. The van der Waals surface area contributed by atoms with Gasteiger partial charge in [-0.2, -0.15) is 6.07 Å². The summed E-state index contributed by atoms with van der Waals surface area (Å²) in [5.41, 5.74) is 9.63. The first-order valence-electron chi connectivity index (χ1n) is 11.9. The van der Waals surface area contributed by atoms with E-state index in [-0.39, 0.29) is 51.0 Å². The number of hydrogen-bond donors (Lipinski definition) is 0. The van der Waals surface area contributed by atoms with Crippen molar-refractivity contribution < 1.29 is 51.0 Å². The Morgan fingerprint density at radius 1 is 0.914 bits per heavy atom. The van der Waals surface area contributed by atoms with Crippen LogP contribution in [0.3, 0.4) is 0 Å². The van der Waals surface area contributed by atoms with Crippen molar-refractivity contribution in [2.45, 2.75) is 59.2 Å². The van der Waals surface area contributed by atoms with Crippen molar-refractivity contribution in [1.82, 2.24) is 0 Å². The Labute approximate surface area is 247 Å². The molecule has 3 heterocycles. The second-order valence-corrected chi connectivity index (χ2v) is 15.9. The first-order chi connectivity index (χ1) is 15.3. The van der Waals surface area contributed by atoms with Crippen molar-refractivity contribution >= 4 is 35.4 Å². The van der Waals surface area contributed by atoms with Crippen LogP contribution in [0.2, 0.25) is 13.1 Å². The number of aryl methyl sites for hydroxylation is 3. The Morgan fingerprint density at radius 2 is 1.60 bits per heavy atom. The third-order valence-electron chi connectivity index (χ3n) is 7.31. The van der Waals surface area contributed by atoms with Gasteiger partial charge in [-0.25, -0.2) is 0 Å². The van der Waals surface area contributed by atoms with Crippen molar-refractivity contribution in [3.05, 3.63) is 92.7 Å². The number of benzene rings is 2. The standard InChI is InChI=1S/C19H19.C11H14SSi.2ClH.Zr/c1-3-5-15-8-10-16(11-9-15)18-7-4-6-17-12-14(2)13-19(17)18;1-6-5-8-9(12-6)11-7(2)10(8)13(11,3)4;;;/h4,6-13H,3,5H2,1-2H3;5,11H,1-4H3;2*1H;/q-1;;;;+3/p-2. The summed E-state index contributed by atoms with van der Waals surface area (Å²) in [5.74, 6) is 0. The van der Waals surface area contributed by atoms with Crippen LogP contribution in [0.25, 0.3) is 27.1 Å². The van der Waals surface area contributed by atoms with Gasteiger partial charge in [0.25, 0.3) is 0 Å². The van der Waals surface area contributed by atoms with Crippen molar-refractivity contribution in [1.29, 1.82) is 0 Å². The summed E-state index contributed by atoms with van der Waals surface area (Å²) in [6.45, 7) is 14.0. The van der Waals surface area contributed by atoms with Crippen molar-refractivity contribution in [2.24, 2.45) is 0 Å². The fourth-order valence-electron chi connectivity index (χ4n) is 6.06. The number of hydrogen-bond acceptors (Lipinski definition) is 1. The van der Waals surface area contributed by atoms with Crippen LogP contribution in [0, 0.1) is 13.8 Å². The molecule has 7 rings (SSSR count). The van der Waals surface area contributed by atoms with Gasteiger partial charge in [0.15, 0.2) is 0 Å². The molecule has 1 unspecified atom stereocenters. The Hall–Kier alpha value is -0.830. The molecule has 3 aliphatic rings. The summed E-state index contributed by atoms with van der Waals surface area (Å²) >= 11 is 2.03. The number of allylic oxidation sites excluding steroid dienone is 1. The summed E-state index contributed by atoms with van der Waals surface area (Å²) < 4.78 is 0. The third-order valence-corrected chi connectivity index (χ3v) is 12.7. The molecule has 0 saturated heterocycles. The molecule has 0 fully saturated rings. The van der Waals surface area contributed by atoms with Crippen LogP contribution in [0.15, 0.2) is 66.2 Å². The molecule has 4 aromatic rings. The van der Waals surface area contributed by atoms with Gasteiger partial charge in [0, 0.05) is 15.3 Å². The molecular formula is C30H33Cl2SSiZr. The third kappa shape index (κ3) is 5.27. The maximum absolute atomic E-state index is 2.52. The molecule has 0 amide bonds. The van der Waals surface area contributed by atoms with Crippen LogP contribution in [-0.4, -0.2) is 8.07 Å². The average Bonchev–Trinajstić information content (AvgIpc) is 3.42. The Kier molecular flexibility index (Phi) is 10.2. The van der Waals surface area contributed by atoms with E-state index in [4.69, 9.17) is 0 Å². The maximum atomic E-state index is 2.52. The molecular weight excluding hydrogens is 583 g/mol. The Bertz CT molecular complexity index is 1340. The van der Waals surface area contributed by atoms with Gasteiger partial charge >= 0.3 is 26.2 Å². The van der Waals surface area contributed by atoms with Crippen LogP contribution in [-0.2, 0) is 32.6 Å². The minimum Gasteiger partial charge on any atom is -1.00 e. The molecule has 1 atom stereocenters. The topological polar surface area (TPSA) is 0 Å². The smallest absolute Gasteiger partial charge is 1.00 e. The van der Waals surface area contributed by atoms with E-state index >= 15 is 0 Å². The Balaban J connectivity index is 0.000000239. The van der Waals surface area contributed by atoms with E-state index in [1.807, 2.05) is 11.3 Å².